The van der Waals surface area contributed by atoms with E-state index >= 15 is 0 Å². The Labute approximate surface area is 119 Å². The summed E-state index contributed by atoms with van der Waals surface area (Å²) in [5.41, 5.74) is 7.33. The number of amides is 2. The lowest BCUT2D eigenvalue weighted by molar-refractivity contribution is 0.225. The van der Waals surface area contributed by atoms with E-state index in [-0.39, 0.29) is 24.4 Å². The quantitative estimate of drug-likeness (QED) is 0.855. The minimum absolute atomic E-state index is 0.0587. The van der Waals surface area contributed by atoms with Crippen LogP contribution in [0.15, 0.2) is 24.3 Å². The second kappa shape index (κ2) is 6.71. The van der Waals surface area contributed by atoms with Gasteiger partial charge < -0.3 is 16.0 Å². The molecule has 1 aromatic rings. The molecule has 7 heteroatoms. The summed E-state index contributed by atoms with van der Waals surface area (Å²) in [4.78, 5) is 13.2. The Kier molecular flexibility index (Phi) is 5.52. The van der Waals surface area contributed by atoms with Crippen LogP contribution in [-0.4, -0.2) is 44.9 Å². The van der Waals surface area contributed by atoms with Crippen molar-refractivity contribution in [2.24, 2.45) is 5.73 Å². The molecule has 0 bridgehead atoms. The number of rotatable bonds is 5. The number of carbonyl (C=O) groups excluding carboxylic acids is 1. The smallest absolute Gasteiger partial charge is 0.321 e. The molecule has 6 nitrogen and oxygen atoms in total. The Balaban J connectivity index is 2.63. The van der Waals surface area contributed by atoms with Crippen molar-refractivity contribution in [1.82, 2.24) is 4.90 Å². The van der Waals surface area contributed by atoms with Gasteiger partial charge in [0.2, 0.25) is 0 Å². The van der Waals surface area contributed by atoms with Crippen molar-refractivity contribution in [3.8, 4) is 0 Å². The Morgan fingerprint density at radius 2 is 2.10 bits per heavy atom. The summed E-state index contributed by atoms with van der Waals surface area (Å²) in [6, 6.07) is 6.78. The molecule has 0 fully saturated rings. The number of hydrogen-bond acceptors (Lipinski definition) is 4. The molecule has 112 valence electrons. The van der Waals surface area contributed by atoms with Crippen molar-refractivity contribution in [1.29, 1.82) is 0 Å². The Hall–Kier alpha value is -1.60. The lowest BCUT2D eigenvalue weighted by Gasteiger charge is -2.18. The number of sulfone groups is 1. The van der Waals surface area contributed by atoms with Gasteiger partial charge in [-0.05, 0) is 24.6 Å². The molecule has 20 heavy (non-hydrogen) atoms. The summed E-state index contributed by atoms with van der Waals surface area (Å²) in [6.45, 7) is 2.01. The molecule has 3 N–H and O–H groups in total. The molecule has 0 aliphatic heterocycles. The maximum Gasteiger partial charge on any atom is 0.321 e. The van der Waals surface area contributed by atoms with E-state index in [1.165, 1.54) is 4.90 Å². The lowest BCUT2D eigenvalue weighted by atomic mass is 10.1. The summed E-state index contributed by atoms with van der Waals surface area (Å²) in [5, 5.41) is 2.71. The summed E-state index contributed by atoms with van der Waals surface area (Å²) in [6.07, 6.45) is 1.14. The zero-order valence-electron chi connectivity index (χ0n) is 12.0. The third-order valence-corrected chi connectivity index (χ3v) is 3.73. The number of nitrogens with one attached hydrogen (secondary N) is 1. The highest BCUT2D eigenvalue weighted by molar-refractivity contribution is 7.90. The lowest BCUT2D eigenvalue weighted by Crippen LogP contribution is -2.34. The third kappa shape index (κ3) is 5.58. The van der Waals surface area contributed by atoms with E-state index in [1.54, 1.807) is 19.2 Å². The zero-order valence-corrected chi connectivity index (χ0v) is 12.8. The maximum atomic E-state index is 11.9. The molecule has 0 aliphatic carbocycles. The fourth-order valence-electron chi connectivity index (χ4n) is 1.52. The van der Waals surface area contributed by atoms with E-state index in [0.717, 1.165) is 11.8 Å². The van der Waals surface area contributed by atoms with Crippen molar-refractivity contribution in [3.63, 3.8) is 0 Å². The molecule has 2 amide bonds. The Bertz CT molecular complexity index is 570. The average Bonchev–Trinajstić information content (AvgIpc) is 2.35. The van der Waals surface area contributed by atoms with Crippen LogP contribution in [0.1, 0.15) is 18.5 Å². The third-order valence-electron chi connectivity index (χ3n) is 2.81. The van der Waals surface area contributed by atoms with Crippen molar-refractivity contribution >= 4 is 21.6 Å². The first-order chi connectivity index (χ1) is 9.19. The van der Waals surface area contributed by atoms with Crippen LogP contribution in [0.4, 0.5) is 10.5 Å². The second-order valence-corrected chi connectivity index (χ2v) is 7.16. The molecule has 0 radical (unpaired) electrons. The number of nitrogens with zero attached hydrogens (tertiary/aromatic N) is 1. The van der Waals surface area contributed by atoms with Gasteiger partial charge in [-0.15, -0.1) is 0 Å². The van der Waals surface area contributed by atoms with Gasteiger partial charge in [0.25, 0.3) is 0 Å². The number of carbonyl (C=O) groups is 1. The van der Waals surface area contributed by atoms with E-state index in [9.17, 15) is 13.2 Å². The van der Waals surface area contributed by atoms with Crippen LogP contribution in [0.3, 0.4) is 0 Å². The number of benzene rings is 1. The fraction of sp³-hybridized carbons (Fsp3) is 0.462. The highest BCUT2D eigenvalue weighted by Crippen LogP contribution is 2.15. The maximum absolute atomic E-state index is 11.9. The number of hydrogen-bond donors (Lipinski definition) is 2. The molecule has 1 atom stereocenters. The van der Waals surface area contributed by atoms with Crippen molar-refractivity contribution < 1.29 is 13.2 Å². The Morgan fingerprint density at radius 1 is 1.45 bits per heavy atom. The molecule has 0 saturated carbocycles. The summed E-state index contributed by atoms with van der Waals surface area (Å²) >= 11 is 0. The molecule has 1 rings (SSSR count). The van der Waals surface area contributed by atoms with Gasteiger partial charge in [-0.1, -0.05) is 12.1 Å². The van der Waals surface area contributed by atoms with Gasteiger partial charge in [0, 0.05) is 31.6 Å². The highest BCUT2D eigenvalue weighted by atomic mass is 32.2. The molecule has 0 aliphatic rings. The van der Waals surface area contributed by atoms with Gasteiger partial charge >= 0.3 is 6.03 Å². The van der Waals surface area contributed by atoms with E-state index in [0.29, 0.717) is 5.69 Å². The molecule has 0 saturated heterocycles. The summed E-state index contributed by atoms with van der Waals surface area (Å²) < 4.78 is 22.1. The normalized spacial score (nSPS) is 12.8. The van der Waals surface area contributed by atoms with Gasteiger partial charge in [-0.2, -0.15) is 0 Å². The molecule has 1 unspecified atom stereocenters. The van der Waals surface area contributed by atoms with E-state index in [1.807, 2.05) is 19.1 Å². The monoisotopic (exact) mass is 299 g/mol. The van der Waals surface area contributed by atoms with Crippen LogP contribution in [-0.2, 0) is 9.84 Å². The van der Waals surface area contributed by atoms with Crippen molar-refractivity contribution in [2.75, 3.05) is 30.9 Å². The summed E-state index contributed by atoms with van der Waals surface area (Å²) in [7, 11) is -1.53. The first-order valence-electron chi connectivity index (χ1n) is 6.24. The van der Waals surface area contributed by atoms with Crippen LogP contribution < -0.4 is 11.1 Å². The standard InChI is InChI=1S/C13H21N3O3S/c1-10(14)11-5-4-6-12(9-11)15-13(17)16(2)7-8-20(3,18)19/h4-6,9-10H,7-8,14H2,1-3H3,(H,15,17). The van der Waals surface area contributed by atoms with E-state index in [4.69, 9.17) is 5.73 Å². The number of urea groups is 1. The van der Waals surface area contributed by atoms with Crippen molar-refractivity contribution in [3.05, 3.63) is 29.8 Å². The first kappa shape index (κ1) is 16.5. The zero-order chi connectivity index (χ0) is 15.3. The molecule has 1 aromatic carbocycles. The molecule has 0 heterocycles. The predicted octanol–water partition coefficient (Wildman–Crippen LogP) is 1.21. The van der Waals surface area contributed by atoms with Crippen molar-refractivity contribution in [2.45, 2.75) is 13.0 Å². The molecular weight excluding hydrogens is 278 g/mol. The molecular formula is C13H21N3O3S. The number of nitrogens with two attached hydrogens (primary N) is 1. The van der Waals surface area contributed by atoms with Gasteiger partial charge in [-0.3, -0.25) is 0 Å². The van der Waals surface area contributed by atoms with E-state index < -0.39 is 9.84 Å². The Morgan fingerprint density at radius 3 is 2.65 bits per heavy atom. The minimum Gasteiger partial charge on any atom is -0.327 e. The van der Waals surface area contributed by atoms with Crippen LogP contribution >= 0.6 is 0 Å². The van der Waals surface area contributed by atoms with Crippen LogP contribution in [0.5, 0.6) is 0 Å². The van der Waals surface area contributed by atoms with Crippen LogP contribution in [0.2, 0.25) is 0 Å². The van der Waals surface area contributed by atoms with E-state index in [2.05, 4.69) is 5.32 Å². The van der Waals surface area contributed by atoms with Gasteiger partial charge in [0.05, 0.1) is 5.75 Å². The van der Waals surface area contributed by atoms with Gasteiger partial charge in [0.15, 0.2) is 0 Å². The largest absolute Gasteiger partial charge is 0.327 e. The van der Waals surface area contributed by atoms with Crippen LogP contribution in [0, 0.1) is 0 Å². The molecule has 0 aromatic heterocycles. The minimum atomic E-state index is -3.08. The molecule has 0 spiro atoms. The average molecular weight is 299 g/mol. The SMILES string of the molecule is CC(N)c1cccc(NC(=O)N(C)CCS(C)(=O)=O)c1. The van der Waals surface area contributed by atoms with Gasteiger partial charge in [0.1, 0.15) is 9.84 Å². The first-order valence-corrected chi connectivity index (χ1v) is 8.30. The fourth-order valence-corrected chi connectivity index (χ4v) is 2.13. The summed E-state index contributed by atoms with van der Waals surface area (Å²) in [5.74, 6) is -0.0587. The highest BCUT2D eigenvalue weighted by Gasteiger charge is 2.12. The topological polar surface area (TPSA) is 92.5 Å². The second-order valence-electron chi connectivity index (χ2n) is 4.90. The van der Waals surface area contributed by atoms with Gasteiger partial charge in [-0.25, -0.2) is 13.2 Å². The predicted molar refractivity (Wildman–Crippen MR) is 80.4 cm³/mol. The van der Waals surface area contributed by atoms with Crippen LogP contribution in [0.25, 0.3) is 0 Å². The number of anilines is 1.